The van der Waals surface area contributed by atoms with Crippen LogP contribution in [0.25, 0.3) is 0 Å². The molecule has 0 spiro atoms. The SMILES string of the molecule is CCCNc1ncccc1C(=O)NCC(CC)CC. The van der Waals surface area contributed by atoms with Gasteiger partial charge < -0.3 is 10.6 Å². The number of rotatable bonds is 8. The number of hydrogen-bond acceptors (Lipinski definition) is 3. The van der Waals surface area contributed by atoms with Crippen LogP contribution in [-0.2, 0) is 0 Å². The molecule has 0 aromatic carbocycles. The number of hydrogen-bond donors (Lipinski definition) is 2. The Morgan fingerprint density at radius 1 is 1.32 bits per heavy atom. The highest BCUT2D eigenvalue weighted by atomic mass is 16.1. The summed E-state index contributed by atoms with van der Waals surface area (Å²) < 4.78 is 0. The smallest absolute Gasteiger partial charge is 0.255 e. The third-order valence-electron chi connectivity index (χ3n) is 3.30. The number of pyridine rings is 1. The van der Waals surface area contributed by atoms with Crippen LogP contribution in [0.5, 0.6) is 0 Å². The first-order chi connectivity index (χ1) is 9.22. The van der Waals surface area contributed by atoms with Crippen LogP contribution in [-0.4, -0.2) is 24.0 Å². The summed E-state index contributed by atoms with van der Waals surface area (Å²) in [6.07, 6.45) is 4.89. The Morgan fingerprint density at radius 2 is 2.05 bits per heavy atom. The van der Waals surface area contributed by atoms with Crippen LogP contribution < -0.4 is 10.6 Å². The second kappa shape index (κ2) is 8.51. The van der Waals surface area contributed by atoms with E-state index in [0.717, 1.165) is 32.4 Å². The van der Waals surface area contributed by atoms with Crippen molar-refractivity contribution >= 4 is 11.7 Å². The van der Waals surface area contributed by atoms with Gasteiger partial charge in [-0.3, -0.25) is 4.79 Å². The zero-order valence-electron chi connectivity index (χ0n) is 12.2. The Labute approximate surface area is 116 Å². The van der Waals surface area contributed by atoms with Crippen molar-refractivity contribution < 1.29 is 4.79 Å². The Kier molecular flexibility index (Phi) is 6.93. The van der Waals surface area contributed by atoms with E-state index in [1.807, 2.05) is 6.07 Å². The molecule has 1 rings (SSSR count). The van der Waals surface area contributed by atoms with E-state index in [0.29, 0.717) is 17.3 Å². The van der Waals surface area contributed by atoms with Crippen LogP contribution in [0.3, 0.4) is 0 Å². The van der Waals surface area contributed by atoms with Gasteiger partial charge >= 0.3 is 0 Å². The second-order valence-electron chi connectivity index (χ2n) is 4.72. The van der Waals surface area contributed by atoms with Gasteiger partial charge in [0.15, 0.2) is 0 Å². The lowest BCUT2D eigenvalue weighted by molar-refractivity contribution is 0.0947. The van der Waals surface area contributed by atoms with Crippen molar-refractivity contribution in [1.82, 2.24) is 10.3 Å². The van der Waals surface area contributed by atoms with Crippen molar-refractivity contribution in [3.63, 3.8) is 0 Å². The molecule has 0 saturated heterocycles. The fourth-order valence-corrected chi connectivity index (χ4v) is 1.88. The molecule has 0 aliphatic heterocycles. The van der Waals surface area contributed by atoms with E-state index in [9.17, 15) is 4.79 Å². The van der Waals surface area contributed by atoms with E-state index in [1.165, 1.54) is 0 Å². The molecule has 4 nitrogen and oxygen atoms in total. The molecule has 0 fully saturated rings. The third kappa shape index (κ3) is 4.89. The first kappa shape index (κ1) is 15.5. The predicted octanol–water partition coefficient (Wildman–Crippen LogP) is 3.07. The van der Waals surface area contributed by atoms with Gasteiger partial charge in [0.25, 0.3) is 5.91 Å². The minimum atomic E-state index is -0.0430. The Morgan fingerprint density at radius 3 is 2.68 bits per heavy atom. The van der Waals surface area contributed by atoms with E-state index < -0.39 is 0 Å². The van der Waals surface area contributed by atoms with Crippen LogP contribution in [0, 0.1) is 5.92 Å². The highest BCUT2D eigenvalue weighted by Crippen LogP contribution is 2.12. The second-order valence-corrected chi connectivity index (χ2v) is 4.72. The quantitative estimate of drug-likeness (QED) is 0.758. The van der Waals surface area contributed by atoms with Gasteiger partial charge in [-0.15, -0.1) is 0 Å². The first-order valence-electron chi connectivity index (χ1n) is 7.19. The summed E-state index contributed by atoms with van der Waals surface area (Å²) in [6, 6.07) is 3.61. The summed E-state index contributed by atoms with van der Waals surface area (Å²) in [6.45, 7) is 7.94. The van der Waals surface area contributed by atoms with Gasteiger partial charge in [-0.2, -0.15) is 0 Å². The van der Waals surface area contributed by atoms with E-state index in [2.05, 4.69) is 36.4 Å². The summed E-state index contributed by atoms with van der Waals surface area (Å²) in [7, 11) is 0. The van der Waals surface area contributed by atoms with Gasteiger partial charge in [0, 0.05) is 19.3 Å². The van der Waals surface area contributed by atoms with Gasteiger partial charge in [-0.05, 0) is 24.5 Å². The fourth-order valence-electron chi connectivity index (χ4n) is 1.88. The maximum atomic E-state index is 12.2. The van der Waals surface area contributed by atoms with E-state index >= 15 is 0 Å². The zero-order chi connectivity index (χ0) is 14.1. The van der Waals surface area contributed by atoms with Crippen molar-refractivity contribution in [3.8, 4) is 0 Å². The van der Waals surface area contributed by atoms with Gasteiger partial charge in [-0.25, -0.2) is 4.98 Å². The largest absolute Gasteiger partial charge is 0.369 e. The molecule has 106 valence electrons. The van der Waals surface area contributed by atoms with E-state index in [1.54, 1.807) is 12.3 Å². The average Bonchev–Trinajstić information content (AvgIpc) is 2.46. The number of nitrogens with zero attached hydrogens (tertiary/aromatic N) is 1. The normalized spacial score (nSPS) is 10.5. The predicted molar refractivity (Wildman–Crippen MR) is 79.4 cm³/mol. The van der Waals surface area contributed by atoms with Gasteiger partial charge in [0.1, 0.15) is 5.82 Å². The molecule has 0 unspecified atom stereocenters. The standard InChI is InChI=1S/C15H25N3O/c1-4-9-16-14-13(8-7-10-17-14)15(19)18-11-12(5-2)6-3/h7-8,10,12H,4-6,9,11H2,1-3H3,(H,16,17)(H,18,19). The van der Waals surface area contributed by atoms with Crippen LogP contribution in [0.4, 0.5) is 5.82 Å². The molecular formula is C15H25N3O. The van der Waals surface area contributed by atoms with E-state index in [-0.39, 0.29) is 5.91 Å². The molecule has 0 aliphatic carbocycles. The topological polar surface area (TPSA) is 54.0 Å². The zero-order valence-corrected chi connectivity index (χ0v) is 12.2. The fraction of sp³-hybridized carbons (Fsp3) is 0.600. The van der Waals surface area contributed by atoms with E-state index in [4.69, 9.17) is 0 Å². The molecule has 2 N–H and O–H groups in total. The summed E-state index contributed by atoms with van der Waals surface area (Å²) in [5.41, 5.74) is 0.627. The molecule has 0 atom stereocenters. The Balaban J connectivity index is 2.65. The molecular weight excluding hydrogens is 238 g/mol. The molecule has 19 heavy (non-hydrogen) atoms. The van der Waals surface area contributed by atoms with Crippen molar-refractivity contribution in [2.75, 3.05) is 18.4 Å². The number of aromatic nitrogens is 1. The van der Waals surface area contributed by atoms with Crippen molar-refractivity contribution in [2.24, 2.45) is 5.92 Å². The molecule has 4 heteroatoms. The first-order valence-corrected chi connectivity index (χ1v) is 7.19. The monoisotopic (exact) mass is 263 g/mol. The highest BCUT2D eigenvalue weighted by Gasteiger charge is 2.13. The van der Waals surface area contributed by atoms with Crippen molar-refractivity contribution in [1.29, 1.82) is 0 Å². The molecule has 1 amide bonds. The van der Waals surface area contributed by atoms with Crippen LogP contribution in [0.15, 0.2) is 18.3 Å². The maximum Gasteiger partial charge on any atom is 0.255 e. The summed E-state index contributed by atoms with van der Waals surface area (Å²) >= 11 is 0. The number of nitrogens with one attached hydrogen (secondary N) is 2. The third-order valence-corrected chi connectivity index (χ3v) is 3.30. The molecule has 0 aliphatic rings. The number of carbonyl (C=O) groups excluding carboxylic acids is 1. The van der Waals surface area contributed by atoms with Gasteiger partial charge in [0.05, 0.1) is 5.56 Å². The minimum Gasteiger partial charge on any atom is -0.369 e. The molecule has 1 heterocycles. The lowest BCUT2D eigenvalue weighted by Gasteiger charge is -2.14. The maximum absolute atomic E-state index is 12.2. The molecule has 1 aromatic heterocycles. The van der Waals surface area contributed by atoms with Crippen molar-refractivity contribution in [3.05, 3.63) is 23.9 Å². The summed E-state index contributed by atoms with van der Waals surface area (Å²) in [4.78, 5) is 16.4. The number of anilines is 1. The van der Waals surface area contributed by atoms with Gasteiger partial charge in [-0.1, -0.05) is 33.6 Å². The molecule has 1 aromatic rings. The average molecular weight is 263 g/mol. The van der Waals surface area contributed by atoms with Gasteiger partial charge in [0.2, 0.25) is 0 Å². The Bertz CT molecular complexity index is 389. The molecule has 0 bridgehead atoms. The highest BCUT2D eigenvalue weighted by molar-refractivity contribution is 5.98. The lowest BCUT2D eigenvalue weighted by Crippen LogP contribution is -2.29. The Hall–Kier alpha value is -1.58. The molecule has 0 radical (unpaired) electrons. The van der Waals surface area contributed by atoms with Crippen molar-refractivity contribution in [2.45, 2.75) is 40.0 Å². The summed E-state index contributed by atoms with van der Waals surface area (Å²) in [5.74, 6) is 1.18. The van der Waals surface area contributed by atoms with Crippen LogP contribution >= 0.6 is 0 Å². The van der Waals surface area contributed by atoms with Crippen LogP contribution in [0.2, 0.25) is 0 Å². The summed E-state index contributed by atoms with van der Waals surface area (Å²) in [5, 5.41) is 6.19. The number of amides is 1. The molecule has 0 saturated carbocycles. The minimum absolute atomic E-state index is 0.0430. The number of carbonyl (C=O) groups is 1. The lowest BCUT2D eigenvalue weighted by atomic mass is 10.0. The van der Waals surface area contributed by atoms with Crippen LogP contribution in [0.1, 0.15) is 50.4 Å².